The fourth-order valence-corrected chi connectivity index (χ4v) is 4.97. The molecule has 0 aliphatic carbocycles. The van der Waals surface area contributed by atoms with Gasteiger partial charge in [-0.3, -0.25) is 14.4 Å². The van der Waals surface area contributed by atoms with Crippen molar-refractivity contribution in [2.45, 2.75) is 18.9 Å². The predicted octanol–water partition coefficient (Wildman–Crippen LogP) is 2.72. The molecule has 3 aromatic heterocycles. The highest BCUT2D eigenvalue weighted by Crippen LogP contribution is 2.40. The number of fused-ring (bicyclic) bond motifs is 1. The van der Waals surface area contributed by atoms with Crippen LogP contribution in [0.1, 0.15) is 33.3 Å². The molecule has 1 atom stereocenters. The van der Waals surface area contributed by atoms with Crippen LogP contribution < -0.4 is 0 Å². The maximum Gasteiger partial charge on any atom is 0.263 e. The van der Waals surface area contributed by atoms with Crippen molar-refractivity contribution in [3.8, 4) is 0 Å². The highest BCUT2D eigenvalue weighted by molar-refractivity contribution is 7.20. The number of thiophene rings is 1. The van der Waals surface area contributed by atoms with Gasteiger partial charge in [0, 0.05) is 57.9 Å². The van der Waals surface area contributed by atoms with Crippen molar-refractivity contribution in [1.82, 2.24) is 24.6 Å². The van der Waals surface area contributed by atoms with E-state index in [1.165, 1.54) is 22.6 Å². The van der Waals surface area contributed by atoms with E-state index in [2.05, 4.69) is 27.1 Å². The van der Waals surface area contributed by atoms with Gasteiger partial charge in [0.05, 0.1) is 10.6 Å². The predicted molar refractivity (Wildman–Crippen MR) is 103 cm³/mol. The van der Waals surface area contributed by atoms with Gasteiger partial charge >= 0.3 is 0 Å². The van der Waals surface area contributed by atoms with Gasteiger partial charge in [-0.15, -0.1) is 11.3 Å². The van der Waals surface area contributed by atoms with E-state index < -0.39 is 0 Å². The molecule has 0 spiro atoms. The van der Waals surface area contributed by atoms with Crippen molar-refractivity contribution in [3.05, 3.63) is 46.7 Å². The van der Waals surface area contributed by atoms with Crippen LogP contribution in [0.25, 0.3) is 10.2 Å². The van der Waals surface area contributed by atoms with E-state index in [-0.39, 0.29) is 5.91 Å². The quantitative estimate of drug-likeness (QED) is 0.710. The van der Waals surface area contributed by atoms with Crippen LogP contribution in [0.5, 0.6) is 0 Å². The van der Waals surface area contributed by atoms with Gasteiger partial charge in [0.2, 0.25) is 0 Å². The number of aromatic nitrogens is 3. The van der Waals surface area contributed by atoms with Crippen molar-refractivity contribution >= 4 is 27.5 Å². The molecule has 1 amide bonds. The number of carbonyl (C=O) groups is 1. The molecule has 136 valence electrons. The fourth-order valence-electron chi connectivity index (χ4n) is 3.72. The van der Waals surface area contributed by atoms with E-state index in [0.717, 1.165) is 41.1 Å². The first-order valence-corrected chi connectivity index (χ1v) is 9.64. The lowest BCUT2D eigenvalue weighted by Crippen LogP contribution is -2.23. The molecule has 3 aromatic rings. The summed E-state index contributed by atoms with van der Waals surface area (Å²) in [5, 5.41) is 5.39. The Morgan fingerprint density at radius 2 is 2.19 bits per heavy atom. The number of hydrogen-bond acceptors (Lipinski definition) is 5. The Labute approximate surface area is 157 Å². The topological polar surface area (TPSA) is 54.3 Å². The van der Waals surface area contributed by atoms with Crippen LogP contribution in [0.2, 0.25) is 0 Å². The molecule has 0 N–H and O–H groups in total. The van der Waals surface area contributed by atoms with E-state index in [4.69, 9.17) is 0 Å². The summed E-state index contributed by atoms with van der Waals surface area (Å²) in [5.74, 6) is 0.438. The van der Waals surface area contributed by atoms with E-state index in [1.54, 1.807) is 11.1 Å². The summed E-state index contributed by atoms with van der Waals surface area (Å²) < 4.78 is 1.93. The monoisotopic (exact) mass is 369 g/mol. The highest BCUT2D eigenvalue weighted by Gasteiger charge is 2.31. The number of amides is 1. The van der Waals surface area contributed by atoms with Crippen LogP contribution in [0.15, 0.2) is 30.6 Å². The molecule has 1 unspecified atom stereocenters. The second-order valence-electron chi connectivity index (χ2n) is 7.07. The van der Waals surface area contributed by atoms with Gasteiger partial charge in [-0.2, -0.15) is 5.10 Å². The van der Waals surface area contributed by atoms with Gasteiger partial charge in [-0.05, 0) is 30.7 Å². The molecule has 6 nitrogen and oxygen atoms in total. The summed E-state index contributed by atoms with van der Waals surface area (Å²) in [4.78, 5) is 23.2. The SMILES string of the molecule is CN(C)C(=O)c1sc2ncccc2c1C1CCN(Cc2ccnn2C)C1. The van der Waals surface area contributed by atoms with E-state index in [9.17, 15) is 4.79 Å². The minimum atomic E-state index is 0.0769. The first kappa shape index (κ1) is 17.2. The van der Waals surface area contributed by atoms with Crippen molar-refractivity contribution < 1.29 is 4.79 Å². The van der Waals surface area contributed by atoms with Gasteiger partial charge in [-0.1, -0.05) is 6.07 Å². The zero-order valence-electron chi connectivity index (χ0n) is 15.3. The summed E-state index contributed by atoms with van der Waals surface area (Å²) in [6.07, 6.45) is 4.71. The zero-order valence-corrected chi connectivity index (χ0v) is 16.2. The summed E-state index contributed by atoms with van der Waals surface area (Å²) in [7, 11) is 5.61. The lowest BCUT2D eigenvalue weighted by molar-refractivity contribution is 0.0831. The Morgan fingerprint density at radius 1 is 1.35 bits per heavy atom. The van der Waals surface area contributed by atoms with Crippen molar-refractivity contribution in [3.63, 3.8) is 0 Å². The number of carbonyl (C=O) groups excluding carboxylic acids is 1. The van der Waals surface area contributed by atoms with Crippen LogP contribution >= 0.6 is 11.3 Å². The molecule has 0 radical (unpaired) electrons. The lowest BCUT2D eigenvalue weighted by atomic mass is 9.95. The summed E-state index contributed by atoms with van der Waals surface area (Å²) in [5.41, 5.74) is 2.40. The minimum absolute atomic E-state index is 0.0769. The maximum absolute atomic E-state index is 12.8. The van der Waals surface area contributed by atoms with Crippen molar-refractivity contribution in [2.75, 3.05) is 27.2 Å². The van der Waals surface area contributed by atoms with Crippen molar-refractivity contribution in [2.24, 2.45) is 7.05 Å². The maximum atomic E-state index is 12.8. The average Bonchev–Trinajstić information content (AvgIpc) is 3.33. The summed E-state index contributed by atoms with van der Waals surface area (Å²) in [6.45, 7) is 2.88. The second kappa shape index (κ2) is 6.81. The molecule has 0 aromatic carbocycles. The third-order valence-electron chi connectivity index (χ3n) is 5.09. The first-order chi connectivity index (χ1) is 12.5. The molecule has 1 aliphatic heterocycles. The Balaban J connectivity index is 1.65. The van der Waals surface area contributed by atoms with E-state index in [0.29, 0.717) is 5.92 Å². The number of aryl methyl sites for hydroxylation is 1. The third kappa shape index (κ3) is 3.01. The zero-order chi connectivity index (χ0) is 18.3. The molecule has 1 saturated heterocycles. The number of nitrogens with zero attached hydrogens (tertiary/aromatic N) is 5. The smallest absolute Gasteiger partial charge is 0.263 e. The Kier molecular flexibility index (Phi) is 4.50. The molecule has 26 heavy (non-hydrogen) atoms. The van der Waals surface area contributed by atoms with Crippen LogP contribution in [-0.2, 0) is 13.6 Å². The number of pyridine rings is 1. The minimum Gasteiger partial charge on any atom is -0.344 e. The third-order valence-corrected chi connectivity index (χ3v) is 6.21. The van der Waals surface area contributed by atoms with Crippen LogP contribution in [0.4, 0.5) is 0 Å². The Hall–Kier alpha value is -2.25. The lowest BCUT2D eigenvalue weighted by Gasteiger charge is -2.17. The van der Waals surface area contributed by atoms with Gasteiger partial charge in [0.25, 0.3) is 5.91 Å². The Morgan fingerprint density at radius 3 is 2.92 bits per heavy atom. The van der Waals surface area contributed by atoms with Crippen LogP contribution in [0, 0.1) is 0 Å². The van der Waals surface area contributed by atoms with Crippen LogP contribution in [0.3, 0.4) is 0 Å². The van der Waals surface area contributed by atoms with E-state index >= 15 is 0 Å². The van der Waals surface area contributed by atoms with Gasteiger partial charge in [-0.25, -0.2) is 4.98 Å². The Bertz CT molecular complexity index is 944. The molecule has 0 saturated carbocycles. The van der Waals surface area contributed by atoms with Gasteiger partial charge < -0.3 is 4.90 Å². The highest BCUT2D eigenvalue weighted by atomic mass is 32.1. The van der Waals surface area contributed by atoms with Crippen LogP contribution in [-0.4, -0.2) is 57.7 Å². The molecule has 7 heteroatoms. The number of hydrogen-bond donors (Lipinski definition) is 0. The normalized spacial score (nSPS) is 17.9. The fraction of sp³-hybridized carbons (Fsp3) is 0.421. The van der Waals surface area contributed by atoms with E-state index in [1.807, 2.05) is 38.1 Å². The largest absolute Gasteiger partial charge is 0.344 e. The molecule has 1 fully saturated rings. The summed E-state index contributed by atoms with van der Waals surface area (Å²) in [6, 6.07) is 6.13. The first-order valence-electron chi connectivity index (χ1n) is 8.83. The van der Waals surface area contributed by atoms with Crippen molar-refractivity contribution in [1.29, 1.82) is 0 Å². The second-order valence-corrected chi connectivity index (χ2v) is 8.07. The molecular formula is C19H23N5OS. The molecule has 0 bridgehead atoms. The summed E-state index contributed by atoms with van der Waals surface area (Å²) >= 11 is 1.52. The molecule has 4 rings (SSSR count). The average molecular weight is 369 g/mol. The molecular weight excluding hydrogens is 346 g/mol. The molecule has 1 aliphatic rings. The van der Waals surface area contributed by atoms with Gasteiger partial charge in [0.15, 0.2) is 0 Å². The van der Waals surface area contributed by atoms with Gasteiger partial charge in [0.1, 0.15) is 4.83 Å². The number of rotatable bonds is 4. The number of likely N-dealkylation sites (tertiary alicyclic amines) is 1. The standard InChI is InChI=1S/C19H23N5OS/c1-22(2)19(25)17-16(15-5-4-8-20-18(15)26-17)13-7-10-24(11-13)12-14-6-9-21-23(14)3/h4-6,8-9,13H,7,10-12H2,1-3H3. The molecule has 4 heterocycles.